The molecule has 0 bridgehead atoms. The molecule has 0 N–H and O–H groups in total. The Morgan fingerprint density at radius 1 is 1.67 bits per heavy atom. The minimum absolute atomic E-state index is 0.186. The molecule has 0 aliphatic rings. The molecule has 0 saturated carbocycles. The van der Waals surface area contributed by atoms with Gasteiger partial charge < -0.3 is 4.74 Å². The van der Waals surface area contributed by atoms with Gasteiger partial charge in [0.25, 0.3) is 0 Å². The molecule has 0 unspecified atom stereocenters. The Morgan fingerprint density at radius 3 is 2.92 bits per heavy atom. The molecule has 4 nitrogen and oxygen atoms in total. The maximum atomic E-state index is 10.9. The first-order chi connectivity index (χ1) is 5.70. The third-order valence-electron chi connectivity index (χ3n) is 1.09. The number of esters is 1. The van der Waals surface area contributed by atoms with Gasteiger partial charge in [0.05, 0.1) is 0 Å². The van der Waals surface area contributed by atoms with Gasteiger partial charge >= 0.3 is 5.97 Å². The summed E-state index contributed by atoms with van der Waals surface area (Å²) in [4.78, 5) is 10.9. The highest BCUT2D eigenvalue weighted by Gasteiger charge is 2.04. The van der Waals surface area contributed by atoms with Gasteiger partial charge in [-0.05, 0) is 13.0 Å². The van der Waals surface area contributed by atoms with E-state index in [4.69, 9.17) is 4.74 Å². The summed E-state index contributed by atoms with van der Waals surface area (Å²) in [6.07, 6.45) is 1.50. The van der Waals surface area contributed by atoms with E-state index < -0.39 is 5.97 Å². The number of nitrogens with zero attached hydrogens (tertiary/aromatic N) is 2. The van der Waals surface area contributed by atoms with Crippen LogP contribution < -0.4 is 4.74 Å². The summed E-state index contributed by atoms with van der Waals surface area (Å²) >= 11 is 0. The van der Waals surface area contributed by atoms with Crippen LogP contribution in [0.1, 0.15) is 6.92 Å². The Hall–Kier alpha value is -1.71. The molecule has 0 radical (unpaired) electrons. The Bertz CT molecular complexity index is 295. The molecule has 1 heterocycles. The number of aromatic nitrogens is 2. The predicted octanol–water partition coefficient (Wildman–Crippen LogP) is 0.958. The fourth-order valence-corrected chi connectivity index (χ4v) is 0.524. The van der Waals surface area contributed by atoms with Gasteiger partial charge in [-0.25, -0.2) is 4.79 Å². The third-order valence-corrected chi connectivity index (χ3v) is 1.09. The van der Waals surface area contributed by atoms with Gasteiger partial charge in [-0.3, -0.25) is 0 Å². The van der Waals surface area contributed by atoms with Crippen LogP contribution in [-0.2, 0) is 4.79 Å². The van der Waals surface area contributed by atoms with E-state index in [9.17, 15) is 4.79 Å². The lowest BCUT2D eigenvalue weighted by Gasteiger charge is -1.99. The Labute approximate surface area is 69.9 Å². The van der Waals surface area contributed by atoms with E-state index >= 15 is 0 Å². The lowest BCUT2D eigenvalue weighted by atomic mass is 10.4. The normalized spacial score (nSPS) is 9.08. The minimum Gasteiger partial charge on any atom is -0.402 e. The predicted molar refractivity (Wildman–Crippen MR) is 42.5 cm³/mol. The smallest absolute Gasteiger partial charge is 0.339 e. The molecule has 0 aromatic carbocycles. The molecule has 0 aliphatic heterocycles. The van der Waals surface area contributed by atoms with E-state index in [0.717, 1.165) is 0 Å². The molecule has 62 valence electrons. The monoisotopic (exact) mass is 164 g/mol. The zero-order valence-electron chi connectivity index (χ0n) is 6.65. The van der Waals surface area contributed by atoms with Crippen LogP contribution in [0.3, 0.4) is 0 Å². The molecule has 0 saturated heterocycles. The van der Waals surface area contributed by atoms with Gasteiger partial charge in [0.1, 0.15) is 0 Å². The van der Waals surface area contributed by atoms with Crippen molar-refractivity contribution in [3.05, 3.63) is 30.5 Å². The Kier molecular flexibility index (Phi) is 2.53. The molecule has 1 aromatic rings. The van der Waals surface area contributed by atoms with E-state index in [-0.39, 0.29) is 5.88 Å². The summed E-state index contributed by atoms with van der Waals surface area (Å²) in [6.45, 7) is 5.00. The maximum absolute atomic E-state index is 10.9. The van der Waals surface area contributed by atoms with E-state index in [1.807, 2.05) is 0 Å². The summed E-state index contributed by atoms with van der Waals surface area (Å²) in [7, 11) is 0. The van der Waals surface area contributed by atoms with Crippen LogP contribution in [-0.4, -0.2) is 16.2 Å². The molecule has 12 heavy (non-hydrogen) atoms. The van der Waals surface area contributed by atoms with Gasteiger partial charge in [-0.1, -0.05) is 6.58 Å². The van der Waals surface area contributed by atoms with Crippen molar-refractivity contribution in [2.75, 3.05) is 0 Å². The highest BCUT2D eigenvalue weighted by atomic mass is 16.5. The van der Waals surface area contributed by atoms with Crippen molar-refractivity contribution in [3.8, 4) is 5.88 Å². The number of ether oxygens (including phenoxy) is 1. The van der Waals surface area contributed by atoms with Crippen LogP contribution in [0.2, 0.25) is 0 Å². The molecular formula is C8H8N2O2. The Morgan fingerprint density at radius 2 is 2.42 bits per heavy atom. The standard InChI is InChI=1S/C8H8N2O2/c1-6(2)8(11)12-7-4-3-5-9-10-7/h3-5H,1H2,2H3. The average molecular weight is 164 g/mol. The van der Waals surface area contributed by atoms with Crippen molar-refractivity contribution in [3.63, 3.8) is 0 Å². The second kappa shape index (κ2) is 3.61. The minimum atomic E-state index is -0.490. The highest BCUT2D eigenvalue weighted by molar-refractivity contribution is 5.88. The molecule has 4 heteroatoms. The second-order valence-corrected chi connectivity index (χ2v) is 2.23. The molecule has 0 atom stereocenters. The average Bonchev–Trinajstić information content (AvgIpc) is 2.06. The van der Waals surface area contributed by atoms with Crippen molar-refractivity contribution in [1.29, 1.82) is 0 Å². The van der Waals surface area contributed by atoms with Gasteiger partial charge in [0.15, 0.2) is 0 Å². The molecule has 0 amide bonds. The summed E-state index contributed by atoms with van der Waals surface area (Å²) < 4.78 is 4.76. The van der Waals surface area contributed by atoms with Crippen molar-refractivity contribution < 1.29 is 9.53 Å². The highest BCUT2D eigenvalue weighted by Crippen LogP contribution is 2.03. The van der Waals surface area contributed by atoms with Crippen molar-refractivity contribution in [2.24, 2.45) is 0 Å². The summed E-state index contributed by atoms with van der Waals surface area (Å²) in [5.74, 6) is -0.305. The number of carbonyl (C=O) groups excluding carboxylic acids is 1. The van der Waals surface area contributed by atoms with E-state index in [0.29, 0.717) is 5.57 Å². The first-order valence-corrected chi connectivity index (χ1v) is 3.35. The number of carbonyl (C=O) groups is 1. The summed E-state index contributed by atoms with van der Waals surface area (Å²) in [6, 6.07) is 3.18. The number of rotatable bonds is 2. The zero-order valence-corrected chi connectivity index (χ0v) is 6.65. The van der Waals surface area contributed by atoms with Gasteiger partial charge in [0.2, 0.25) is 5.88 Å². The lowest BCUT2D eigenvalue weighted by molar-refractivity contribution is -0.130. The van der Waals surface area contributed by atoms with E-state index in [2.05, 4.69) is 16.8 Å². The second-order valence-electron chi connectivity index (χ2n) is 2.23. The van der Waals surface area contributed by atoms with Crippen molar-refractivity contribution in [1.82, 2.24) is 10.2 Å². The quantitative estimate of drug-likeness (QED) is 0.482. The molecule has 0 aliphatic carbocycles. The third kappa shape index (κ3) is 2.16. The molecule has 0 spiro atoms. The van der Waals surface area contributed by atoms with Crippen LogP contribution in [0.4, 0.5) is 0 Å². The SMILES string of the molecule is C=C(C)C(=O)Oc1cccnn1. The molecular weight excluding hydrogens is 156 g/mol. The summed E-state index contributed by atoms with van der Waals surface area (Å²) in [5.41, 5.74) is 0.334. The summed E-state index contributed by atoms with van der Waals surface area (Å²) in [5, 5.41) is 7.11. The van der Waals surface area contributed by atoms with E-state index in [1.54, 1.807) is 19.1 Å². The van der Waals surface area contributed by atoms with Crippen LogP contribution in [0.5, 0.6) is 5.88 Å². The van der Waals surface area contributed by atoms with Crippen LogP contribution in [0, 0.1) is 0 Å². The molecule has 1 rings (SSSR count). The first kappa shape index (κ1) is 8.39. The van der Waals surface area contributed by atoms with Crippen LogP contribution in [0.25, 0.3) is 0 Å². The topological polar surface area (TPSA) is 52.1 Å². The molecule has 0 fully saturated rings. The van der Waals surface area contributed by atoms with Gasteiger partial charge in [-0.2, -0.15) is 5.10 Å². The number of hydrogen-bond acceptors (Lipinski definition) is 4. The van der Waals surface area contributed by atoms with Gasteiger partial charge in [0, 0.05) is 17.8 Å². The fraction of sp³-hybridized carbons (Fsp3) is 0.125. The van der Waals surface area contributed by atoms with Gasteiger partial charge in [-0.15, -0.1) is 5.10 Å². The molecule has 1 aromatic heterocycles. The van der Waals surface area contributed by atoms with Crippen LogP contribution in [0.15, 0.2) is 30.5 Å². The number of hydrogen-bond donors (Lipinski definition) is 0. The van der Waals surface area contributed by atoms with Crippen LogP contribution >= 0.6 is 0 Å². The maximum Gasteiger partial charge on any atom is 0.339 e. The largest absolute Gasteiger partial charge is 0.402 e. The fourth-order valence-electron chi connectivity index (χ4n) is 0.524. The lowest BCUT2D eigenvalue weighted by Crippen LogP contribution is -2.09. The Balaban J connectivity index is 2.65. The van der Waals surface area contributed by atoms with Crippen molar-refractivity contribution in [2.45, 2.75) is 6.92 Å². The first-order valence-electron chi connectivity index (χ1n) is 3.35. The van der Waals surface area contributed by atoms with E-state index in [1.165, 1.54) is 6.20 Å². The van der Waals surface area contributed by atoms with Crippen molar-refractivity contribution >= 4 is 5.97 Å². The zero-order chi connectivity index (χ0) is 8.97.